The summed E-state index contributed by atoms with van der Waals surface area (Å²) in [5.41, 5.74) is 2.51. The summed E-state index contributed by atoms with van der Waals surface area (Å²) >= 11 is 6.23. The second-order valence-corrected chi connectivity index (χ2v) is 6.58. The summed E-state index contributed by atoms with van der Waals surface area (Å²) in [6.45, 7) is 3.57. The second-order valence-electron chi connectivity index (χ2n) is 6.18. The molecule has 1 saturated heterocycles. The lowest BCUT2D eigenvalue weighted by Gasteiger charge is -2.34. The number of aryl methyl sites for hydroxylation is 2. The van der Waals surface area contributed by atoms with Crippen molar-refractivity contribution in [1.29, 1.82) is 0 Å². The van der Waals surface area contributed by atoms with Crippen molar-refractivity contribution in [3.63, 3.8) is 0 Å². The van der Waals surface area contributed by atoms with Gasteiger partial charge in [0.15, 0.2) is 0 Å². The maximum atomic E-state index is 11.0. The topological polar surface area (TPSA) is 76.2 Å². The Morgan fingerprint density at radius 2 is 2.25 bits per heavy atom. The molecule has 1 fully saturated rings. The molecule has 2 aromatic rings. The fraction of sp³-hybridized carbons (Fsp3) is 0.438. The first kappa shape index (κ1) is 16.6. The lowest BCUT2D eigenvalue weighted by Crippen LogP contribution is -2.42. The van der Waals surface area contributed by atoms with Crippen molar-refractivity contribution < 1.29 is 4.92 Å². The molecule has 24 heavy (non-hydrogen) atoms. The summed E-state index contributed by atoms with van der Waals surface area (Å²) in [7, 11) is 1.91. The van der Waals surface area contributed by atoms with Crippen LogP contribution in [0.2, 0.25) is 5.02 Å². The SMILES string of the molecule is Cc1cc(NC2CCCN(c3cnn(C)c3)C2)c(Cl)cc1[N+](=O)[O-]. The first-order valence-corrected chi connectivity index (χ1v) is 8.26. The van der Waals surface area contributed by atoms with Crippen molar-refractivity contribution in [2.24, 2.45) is 7.05 Å². The maximum absolute atomic E-state index is 11.0. The molecule has 128 valence electrons. The van der Waals surface area contributed by atoms with Gasteiger partial charge in [-0.25, -0.2) is 0 Å². The smallest absolute Gasteiger partial charge is 0.273 e. The highest BCUT2D eigenvalue weighted by Crippen LogP contribution is 2.32. The summed E-state index contributed by atoms with van der Waals surface area (Å²) < 4.78 is 1.79. The number of nitrogens with one attached hydrogen (secondary N) is 1. The average Bonchev–Trinajstić information content (AvgIpc) is 2.97. The minimum atomic E-state index is -0.407. The lowest BCUT2D eigenvalue weighted by atomic mass is 10.0. The minimum Gasteiger partial charge on any atom is -0.379 e. The molecule has 7 nitrogen and oxygen atoms in total. The van der Waals surface area contributed by atoms with Crippen molar-refractivity contribution >= 4 is 28.7 Å². The molecule has 0 spiro atoms. The third kappa shape index (κ3) is 3.46. The highest BCUT2D eigenvalue weighted by atomic mass is 35.5. The van der Waals surface area contributed by atoms with Crippen molar-refractivity contribution in [3.05, 3.63) is 45.2 Å². The minimum absolute atomic E-state index is 0.0474. The van der Waals surface area contributed by atoms with Gasteiger partial charge in [-0.15, -0.1) is 0 Å². The number of nitrogens with zero attached hydrogens (tertiary/aromatic N) is 4. The van der Waals surface area contributed by atoms with Gasteiger partial charge in [0.1, 0.15) is 0 Å². The maximum Gasteiger partial charge on any atom is 0.273 e. The largest absolute Gasteiger partial charge is 0.379 e. The molecule has 1 atom stereocenters. The highest BCUT2D eigenvalue weighted by molar-refractivity contribution is 6.33. The summed E-state index contributed by atoms with van der Waals surface area (Å²) in [6, 6.07) is 3.40. The van der Waals surface area contributed by atoms with Crippen LogP contribution in [0.3, 0.4) is 0 Å². The molecule has 8 heteroatoms. The Labute approximate surface area is 145 Å². The standard InChI is InChI=1S/C16H20ClN5O2/c1-11-6-15(14(17)7-16(11)22(23)24)19-12-4-3-5-21(9-12)13-8-18-20(2)10-13/h6-8,10,12,19H,3-5,9H2,1-2H3. The quantitative estimate of drug-likeness (QED) is 0.676. The Balaban J connectivity index is 1.74. The van der Waals surface area contributed by atoms with Crippen molar-refractivity contribution in [2.45, 2.75) is 25.8 Å². The molecule has 1 N–H and O–H groups in total. The van der Waals surface area contributed by atoms with Gasteiger partial charge in [-0.3, -0.25) is 14.8 Å². The van der Waals surface area contributed by atoms with Crippen LogP contribution < -0.4 is 10.2 Å². The third-order valence-electron chi connectivity index (χ3n) is 4.32. The molecule has 3 rings (SSSR count). The Hall–Kier alpha value is -2.28. The molecule has 1 aliphatic heterocycles. The number of rotatable bonds is 4. The van der Waals surface area contributed by atoms with Crippen molar-refractivity contribution in [2.75, 3.05) is 23.3 Å². The number of piperidine rings is 1. The van der Waals surface area contributed by atoms with E-state index in [4.69, 9.17) is 11.6 Å². The zero-order valence-electron chi connectivity index (χ0n) is 13.7. The van der Waals surface area contributed by atoms with E-state index in [2.05, 4.69) is 15.3 Å². The van der Waals surface area contributed by atoms with Gasteiger partial charge in [0, 0.05) is 44.0 Å². The van der Waals surface area contributed by atoms with E-state index in [1.807, 2.05) is 19.4 Å². The predicted molar refractivity (Wildman–Crippen MR) is 94.9 cm³/mol. The van der Waals surface area contributed by atoms with Gasteiger partial charge in [-0.05, 0) is 25.8 Å². The molecule has 0 radical (unpaired) electrons. The molecular formula is C16H20ClN5O2. The van der Waals surface area contributed by atoms with E-state index in [0.717, 1.165) is 37.3 Å². The molecule has 1 aromatic carbocycles. The average molecular weight is 350 g/mol. The van der Waals surface area contributed by atoms with Gasteiger partial charge in [-0.2, -0.15) is 5.10 Å². The van der Waals surface area contributed by atoms with Crippen molar-refractivity contribution in [1.82, 2.24) is 9.78 Å². The molecule has 0 bridgehead atoms. The zero-order chi connectivity index (χ0) is 17.3. The third-order valence-corrected chi connectivity index (χ3v) is 4.63. The summed E-state index contributed by atoms with van der Waals surface area (Å²) in [5.74, 6) is 0. The first-order chi connectivity index (χ1) is 11.4. The number of hydrogen-bond donors (Lipinski definition) is 1. The molecule has 0 saturated carbocycles. The van der Waals surface area contributed by atoms with E-state index >= 15 is 0 Å². The molecular weight excluding hydrogens is 330 g/mol. The van der Waals surface area contributed by atoms with Crippen LogP contribution in [0.4, 0.5) is 17.1 Å². The van der Waals surface area contributed by atoms with Crippen LogP contribution in [0.5, 0.6) is 0 Å². The number of benzene rings is 1. The van der Waals surface area contributed by atoms with Crippen LogP contribution in [0.25, 0.3) is 0 Å². The first-order valence-electron chi connectivity index (χ1n) is 7.88. The van der Waals surface area contributed by atoms with E-state index in [0.29, 0.717) is 10.6 Å². The number of nitro groups is 1. The number of aromatic nitrogens is 2. The summed E-state index contributed by atoms with van der Waals surface area (Å²) in [5, 5.41) is 19.0. The Kier molecular flexibility index (Phi) is 4.62. The van der Waals surface area contributed by atoms with Gasteiger partial charge in [-0.1, -0.05) is 11.6 Å². The second kappa shape index (κ2) is 6.68. The Bertz CT molecular complexity index is 761. The normalized spacial score (nSPS) is 17.8. The van der Waals surface area contributed by atoms with E-state index in [1.54, 1.807) is 17.7 Å². The zero-order valence-corrected chi connectivity index (χ0v) is 14.5. The predicted octanol–water partition coefficient (Wildman–Crippen LogP) is 3.37. The molecule has 1 unspecified atom stereocenters. The monoisotopic (exact) mass is 349 g/mol. The number of anilines is 2. The van der Waals surface area contributed by atoms with Crippen LogP contribution >= 0.6 is 11.6 Å². The van der Waals surface area contributed by atoms with Gasteiger partial charge in [0.25, 0.3) is 5.69 Å². The van der Waals surface area contributed by atoms with Crippen LogP contribution in [-0.4, -0.2) is 33.8 Å². The van der Waals surface area contributed by atoms with Gasteiger partial charge in [0.2, 0.25) is 0 Å². The van der Waals surface area contributed by atoms with E-state index in [9.17, 15) is 10.1 Å². The Morgan fingerprint density at radius 1 is 1.46 bits per heavy atom. The summed E-state index contributed by atoms with van der Waals surface area (Å²) in [6.07, 6.45) is 5.97. The van der Waals surface area contributed by atoms with E-state index in [1.165, 1.54) is 6.07 Å². The van der Waals surface area contributed by atoms with Crippen molar-refractivity contribution in [3.8, 4) is 0 Å². The number of hydrogen-bond acceptors (Lipinski definition) is 5. The molecule has 0 aliphatic carbocycles. The molecule has 1 aromatic heterocycles. The fourth-order valence-electron chi connectivity index (χ4n) is 3.10. The molecule has 2 heterocycles. The lowest BCUT2D eigenvalue weighted by molar-refractivity contribution is -0.385. The summed E-state index contributed by atoms with van der Waals surface area (Å²) in [4.78, 5) is 12.9. The van der Waals surface area contributed by atoms with E-state index < -0.39 is 4.92 Å². The number of nitro benzene ring substituents is 1. The Morgan fingerprint density at radius 3 is 2.92 bits per heavy atom. The van der Waals surface area contributed by atoms with Crippen LogP contribution in [0.15, 0.2) is 24.5 Å². The number of halogens is 1. The van der Waals surface area contributed by atoms with E-state index in [-0.39, 0.29) is 11.7 Å². The van der Waals surface area contributed by atoms with Gasteiger partial charge in [0.05, 0.1) is 27.5 Å². The molecule has 0 amide bonds. The van der Waals surface area contributed by atoms with Crippen LogP contribution in [0.1, 0.15) is 18.4 Å². The van der Waals surface area contributed by atoms with Crippen LogP contribution in [-0.2, 0) is 7.05 Å². The van der Waals surface area contributed by atoms with Gasteiger partial charge >= 0.3 is 0 Å². The highest BCUT2D eigenvalue weighted by Gasteiger charge is 2.22. The molecule has 1 aliphatic rings. The van der Waals surface area contributed by atoms with Gasteiger partial charge < -0.3 is 10.2 Å². The fourth-order valence-corrected chi connectivity index (χ4v) is 3.31. The van der Waals surface area contributed by atoms with Crippen LogP contribution in [0, 0.1) is 17.0 Å².